The van der Waals surface area contributed by atoms with Gasteiger partial charge in [0.2, 0.25) is 0 Å². The zero-order chi connectivity index (χ0) is 35.5. The molecule has 4 saturated carbocycles. The van der Waals surface area contributed by atoms with Crippen LogP contribution in [0.1, 0.15) is 96.8 Å². The molecule has 4 aliphatic rings. The highest BCUT2D eigenvalue weighted by molar-refractivity contribution is 6.36. The molecule has 0 atom stereocenters. The van der Waals surface area contributed by atoms with Gasteiger partial charge in [0.15, 0.2) is 0 Å². The molecule has 0 radical (unpaired) electrons. The molecule has 4 aliphatic carbocycles. The summed E-state index contributed by atoms with van der Waals surface area (Å²) in [5.41, 5.74) is 10.9. The lowest BCUT2D eigenvalue weighted by atomic mass is 9.48. The van der Waals surface area contributed by atoms with Crippen molar-refractivity contribution in [1.82, 2.24) is 0 Å². The van der Waals surface area contributed by atoms with Gasteiger partial charge in [0.25, 0.3) is 0 Å². The van der Waals surface area contributed by atoms with E-state index in [9.17, 15) is 0 Å². The van der Waals surface area contributed by atoms with E-state index in [1.165, 1.54) is 55.2 Å². The Labute approximate surface area is 311 Å². The molecule has 2 nitrogen and oxygen atoms in total. The van der Waals surface area contributed by atoms with E-state index in [-0.39, 0.29) is 16.2 Å². The number of para-hydroxylation sites is 2. The highest BCUT2D eigenvalue weighted by Crippen LogP contribution is 2.62. The number of benzene rings is 5. The normalized spacial score (nSPS) is 22.6. The quantitative estimate of drug-likeness (QED) is 0.167. The Morgan fingerprint density at radius 3 is 1.16 bits per heavy atom. The molecule has 51 heavy (non-hydrogen) atoms. The van der Waals surface area contributed by atoms with E-state index >= 15 is 0 Å². The number of nitrogens with zero attached hydrogens (tertiary/aromatic N) is 2. The molecule has 0 saturated heterocycles. The average Bonchev–Trinajstić information content (AvgIpc) is 3.10. The van der Waals surface area contributed by atoms with Gasteiger partial charge in [-0.25, -0.2) is 0 Å². The SMILES string of the molecule is CC(C)(C)c1ccc(N(c2ccc(C(C)(C)C)cc2)c2cc(C34CC5CC(CC(C5)C3)C4)cc(N(c3ccccc3)c3ccccc3)c2Cl)cc1. The smallest absolute Gasteiger partial charge is 0.0887 e. The van der Waals surface area contributed by atoms with Crippen LogP contribution < -0.4 is 9.80 Å². The van der Waals surface area contributed by atoms with E-state index in [1.54, 1.807) is 0 Å². The fourth-order valence-electron chi connectivity index (χ4n) is 9.92. The summed E-state index contributed by atoms with van der Waals surface area (Å²) in [6.07, 6.45) is 8.11. The van der Waals surface area contributed by atoms with Gasteiger partial charge in [-0.2, -0.15) is 0 Å². The van der Waals surface area contributed by atoms with E-state index in [4.69, 9.17) is 11.6 Å². The van der Waals surface area contributed by atoms with Crippen molar-refractivity contribution in [2.45, 2.75) is 96.3 Å². The topological polar surface area (TPSA) is 6.48 Å². The number of hydrogen-bond acceptors (Lipinski definition) is 2. The third-order valence-electron chi connectivity index (χ3n) is 12.2. The van der Waals surface area contributed by atoms with Crippen molar-refractivity contribution in [1.29, 1.82) is 0 Å². The Bertz CT molecular complexity index is 1850. The number of anilines is 6. The molecule has 0 amide bonds. The summed E-state index contributed by atoms with van der Waals surface area (Å²) in [5, 5.41) is 0.760. The maximum Gasteiger partial charge on any atom is 0.0887 e. The summed E-state index contributed by atoms with van der Waals surface area (Å²) in [4.78, 5) is 4.79. The molecule has 5 aromatic rings. The summed E-state index contributed by atoms with van der Waals surface area (Å²) in [6.45, 7) is 13.7. The van der Waals surface area contributed by atoms with Crippen LogP contribution in [0.15, 0.2) is 121 Å². The molecular weight excluding hydrogens is 640 g/mol. The second kappa shape index (κ2) is 12.9. The third kappa shape index (κ3) is 6.50. The van der Waals surface area contributed by atoms with Crippen molar-refractivity contribution >= 4 is 45.7 Å². The van der Waals surface area contributed by atoms with Crippen molar-refractivity contribution in [3.8, 4) is 0 Å². The maximum absolute atomic E-state index is 7.90. The molecule has 4 fully saturated rings. The third-order valence-corrected chi connectivity index (χ3v) is 12.6. The lowest BCUT2D eigenvalue weighted by Gasteiger charge is -2.57. The van der Waals surface area contributed by atoms with Gasteiger partial charge in [-0.15, -0.1) is 0 Å². The standard InChI is InChI=1S/C48H53ClN2/c1-46(2,3)36-17-21-41(22-18-36)51(42-23-19-37(20-24-42)47(4,5)6)44-29-38(48-30-33-25-34(31-48)27-35(26-33)32-48)28-43(45(44)49)50(39-13-9-7-10-14-39)40-15-11-8-12-16-40/h7-24,28-29,33-35H,25-27,30-32H2,1-6H3. The first-order valence-electron chi connectivity index (χ1n) is 19.1. The molecule has 0 N–H and O–H groups in total. The minimum absolute atomic E-state index is 0.0623. The predicted octanol–water partition coefficient (Wildman–Crippen LogP) is 14.3. The first kappa shape index (κ1) is 34.1. The molecule has 0 aliphatic heterocycles. The Kier molecular flexibility index (Phi) is 8.62. The first-order valence-corrected chi connectivity index (χ1v) is 19.5. The Morgan fingerprint density at radius 2 is 0.824 bits per heavy atom. The fourth-order valence-corrected chi connectivity index (χ4v) is 10.2. The molecule has 9 rings (SSSR count). The van der Waals surface area contributed by atoms with Crippen LogP contribution in [-0.4, -0.2) is 0 Å². The summed E-state index contributed by atoms with van der Waals surface area (Å²) < 4.78 is 0. The van der Waals surface area contributed by atoms with Gasteiger partial charge in [0.1, 0.15) is 0 Å². The number of rotatable bonds is 7. The van der Waals surface area contributed by atoms with Gasteiger partial charge < -0.3 is 9.80 Å². The molecule has 3 heteroatoms. The van der Waals surface area contributed by atoms with Crippen LogP contribution in [0.3, 0.4) is 0 Å². The van der Waals surface area contributed by atoms with E-state index in [2.05, 4.69) is 173 Å². The van der Waals surface area contributed by atoms with Gasteiger partial charge in [-0.3, -0.25) is 0 Å². The van der Waals surface area contributed by atoms with Gasteiger partial charge in [0.05, 0.1) is 16.4 Å². The monoisotopic (exact) mass is 692 g/mol. The minimum Gasteiger partial charge on any atom is -0.309 e. The van der Waals surface area contributed by atoms with Crippen LogP contribution >= 0.6 is 11.6 Å². The van der Waals surface area contributed by atoms with Gasteiger partial charge in [-0.1, -0.05) is 114 Å². The summed E-state index contributed by atoms with van der Waals surface area (Å²) in [7, 11) is 0. The van der Waals surface area contributed by atoms with Crippen molar-refractivity contribution in [2.24, 2.45) is 17.8 Å². The summed E-state index contributed by atoms with van der Waals surface area (Å²) in [5.74, 6) is 2.51. The van der Waals surface area contributed by atoms with Crippen LogP contribution in [0.2, 0.25) is 5.02 Å². The zero-order valence-electron chi connectivity index (χ0n) is 31.3. The molecule has 0 heterocycles. The average molecular weight is 693 g/mol. The maximum atomic E-state index is 7.90. The molecule has 0 aromatic heterocycles. The van der Waals surface area contributed by atoms with Gasteiger partial charge in [0, 0.05) is 22.7 Å². The predicted molar refractivity (Wildman–Crippen MR) is 218 cm³/mol. The van der Waals surface area contributed by atoms with Gasteiger partial charge >= 0.3 is 0 Å². The van der Waals surface area contributed by atoms with Crippen molar-refractivity contribution in [3.63, 3.8) is 0 Å². The second-order valence-corrected chi connectivity index (χ2v) is 18.3. The van der Waals surface area contributed by atoms with Crippen molar-refractivity contribution < 1.29 is 0 Å². The van der Waals surface area contributed by atoms with Crippen molar-refractivity contribution in [3.05, 3.63) is 143 Å². The van der Waals surface area contributed by atoms with E-state index < -0.39 is 0 Å². The molecule has 0 spiro atoms. The summed E-state index contributed by atoms with van der Waals surface area (Å²) in [6, 6.07) is 44.8. The molecule has 262 valence electrons. The van der Waals surface area contributed by atoms with Crippen LogP contribution in [0.25, 0.3) is 0 Å². The molecular formula is C48H53ClN2. The molecule has 0 unspecified atom stereocenters. The van der Waals surface area contributed by atoms with Crippen LogP contribution in [-0.2, 0) is 16.2 Å². The minimum atomic E-state index is 0.0623. The van der Waals surface area contributed by atoms with Gasteiger partial charge in [-0.05, 0) is 150 Å². The van der Waals surface area contributed by atoms with Crippen LogP contribution in [0.5, 0.6) is 0 Å². The number of halogens is 1. The summed E-state index contributed by atoms with van der Waals surface area (Å²) >= 11 is 7.90. The van der Waals surface area contributed by atoms with Crippen LogP contribution in [0, 0.1) is 17.8 Å². The highest BCUT2D eigenvalue weighted by atomic mass is 35.5. The first-order chi connectivity index (χ1) is 24.4. The van der Waals surface area contributed by atoms with E-state index in [0.717, 1.165) is 56.9 Å². The Balaban J connectivity index is 1.38. The Hall–Kier alpha value is -4.01. The Morgan fingerprint density at radius 1 is 0.490 bits per heavy atom. The lowest BCUT2D eigenvalue weighted by Crippen LogP contribution is -2.48. The van der Waals surface area contributed by atoms with Crippen LogP contribution in [0.4, 0.5) is 34.1 Å². The highest BCUT2D eigenvalue weighted by Gasteiger charge is 2.52. The molecule has 4 bridgehead atoms. The number of hydrogen-bond donors (Lipinski definition) is 0. The fraction of sp³-hybridized carbons (Fsp3) is 0.375. The lowest BCUT2D eigenvalue weighted by molar-refractivity contribution is -0.00515. The molecule has 5 aromatic carbocycles. The largest absolute Gasteiger partial charge is 0.309 e. The van der Waals surface area contributed by atoms with E-state index in [1.807, 2.05) is 0 Å². The zero-order valence-corrected chi connectivity index (χ0v) is 32.1. The van der Waals surface area contributed by atoms with E-state index in [0.29, 0.717) is 0 Å². The second-order valence-electron chi connectivity index (χ2n) is 18.0. The van der Waals surface area contributed by atoms with Crippen molar-refractivity contribution in [2.75, 3.05) is 9.80 Å².